The molecule has 0 aromatic rings. The van der Waals surface area contributed by atoms with Gasteiger partial charge in [0, 0.05) is 13.1 Å². The van der Waals surface area contributed by atoms with Gasteiger partial charge in [-0.2, -0.15) is 0 Å². The highest BCUT2D eigenvalue weighted by Crippen LogP contribution is 2.44. The first-order valence-corrected chi connectivity index (χ1v) is 7.82. The molecule has 4 heteroatoms. The van der Waals surface area contributed by atoms with E-state index in [0.29, 0.717) is 5.41 Å². The van der Waals surface area contributed by atoms with Gasteiger partial charge < -0.3 is 0 Å². The lowest BCUT2D eigenvalue weighted by Crippen LogP contribution is -2.43. The van der Waals surface area contributed by atoms with E-state index in [1.54, 1.807) is 4.31 Å². The number of nitrogens with zero attached hydrogens (tertiary/aromatic N) is 1. The largest absolute Gasteiger partial charge is 0.213 e. The summed E-state index contributed by atoms with van der Waals surface area (Å²) in [6.07, 6.45) is 10.2. The van der Waals surface area contributed by atoms with E-state index in [0.717, 1.165) is 25.9 Å². The van der Waals surface area contributed by atoms with Crippen molar-refractivity contribution >= 4 is 10.0 Å². The molecule has 1 saturated heterocycles. The van der Waals surface area contributed by atoms with E-state index in [1.165, 1.54) is 38.4 Å². The lowest BCUT2D eigenvalue weighted by atomic mass is 9.68. The molecule has 0 atom stereocenters. The summed E-state index contributed by atoms with van der Waals surface area (Å²) in [5.41, 5.74) is 0.499. The molecular formula is C11H21NO2S. The minimum absolute atomic E-state index is 0.499. The predicted octanol–water partition coefficient (Wildman–Crippen LogP) is 1.99. The van der Waals surface area contributed by atoms with Crippen molar-refractivity contribution < 1.29 is 8.42 Å². The Bertz CT molecular complexity index is 307. The third-order valence-corrected chi connectivity index (χ3v) is 5.47. The normalized spacial score (nSPS) is 28.1. The van der Waals surface area contributed by atoms with Crippen LogP contribution in [0.5, 0.6) is 0 Å². The summed E-state index contributed by atoms with van der Waals surface area (Å²) in [7, 11) is -2.95. The molecule has 15 heavy (non-hydrogen) atoms. The molecule has 3 nitrogen and oxygen atoms in total. The molecule has 0 bridgehead atoms. The molecule has 0 unspecified atom stereocenters. The molecule has 2 rings (SSSR count). The van der Waals surface area contributed by atoms with Crippen LogP contribution in [0.1, 0.15) is 44.9 Å². The predicted molar refractivity (Wildman–Crippen MR) is 61.2 cm³/mol. The average Bonchev–Trinajstić information content (AvgIpc) is 2.18. The van der Waals surface area contributed by atoms with Gasteiger partial charge in [-0.05, 0) is 31.1 Å². The van der Waals surface area contributed by atoms with Crippen LogP contribution in [0.25, 0.3) is 0 Å². The van der Waals surface area contributed by atoms with Crippen LogP contribution in [0.3, 0.4) is 0 Å². The van der Waals surface area contributed by atoms with Crippen molar-refractivity contribution in [2.75, 3.05) is 19.3 Å². The number of rotatable bonds is 1. The molecule has 1 heterocycles. The van der Waals surface area contributed by atoms with Crippen molar-refractivity contribution in [2.24, 2.45) is 5.41 Å². The second kappa shape index (κ2) is 4.06. The summed E-state index contributed by atoms with van der Waals surface area (Å²) in [6.45, 7) is 1.50. The van der Waals surface area contributed by atoms with E-state index in [1.807, 2.05) is 0 Å². The zero-order valence-corrected chi connectivity index (χ0v) is 10.4. The minimum atomic E-state index is -2.95. The standard InChI is InChI=1S/C11H21NO2S/c1-15(13,14)12-9-7-11(8-10-12)5-3-2-4-6-11/h2-10H2,1H3. The Labute approximate surface area is 92.9 Å². The van der Waals surface area contributed by atoms with Crippen LogP contribution >= 0.6 is 0 Å². The Morgan fingerprint density at radius 1 is 0.933 bits per heavy atom. The van der Waals surface area contributed by atoms with E-state index in [2.05, 4.69) is 0 Å². The number of sulfonamides is 1. The first-order valence-electron chi connectivity index (χ1n) is 5.97. The molecule has 0 aromatic carbocycles. The van der Waals surface area contributed by atoms with Crippen LogP contribution in [-0.2, 0) is 10.0 Å². The zero-order valence-electron chi connectivity index (χ0n) is 9.54. The molecule has 0 aromatic heterocycles. The highest BCUT2D eigenvalue weighted by atomic mass is 32.2. The van der Waals surface area contributed by atoms with Crippen LogP contribution in [0.15, 0.2) is 0 Å². The van der Waals surface area contributed by atoms with Gasteiger partial charge in [-0.15, -0.1) is 0 Å². The van der Waals surface area contributed by atoms with Crippen molar-refractivity contribution in [3.8, 4) is 0 Å². The summed E-state index contributed by atoms with van der Waals surface area (Å²) < 4.78 is 24.4. The maximum Gasteiger partial charge on any atom is 0.211 e. The van der Waals surface area contributed by atoms with Gasteiger partial charge in [-0.1, -0.05) is 19.3 Å². The van der Waals surface area contributed by atoms with Crippen molar-refractivity contribution in [2.45, 2.75) is 44.9 Å². The quantitative estimate of drug-likeness (QED) is 0.692. The SMILES string of the molecule is CS(=O)(=O)N1CCC2(CCCCC2)CC1. The Morgan fingerprint density at radius 2 is 1.47 bits per heavy atom. The maximum atomic E-state index is 11.4. The van der Waals surface area contributed by atoms with Gasteiger partial charge in [-0.3, -0.25) is 0 Å². The van der Waals surface area contributed by atoms with Crippen molar-refractivity contribution in [3.63, 3.8) is 0 Å². The van der Waals surface area contributed by atoms with Crippen LogP contribution in [-0.4, -0.2) is 32.1 Å². The number of piperidine rings is 1. The molecule has 2 fully saturated rings. The molecule has 2 aliphatic rings. The van der Waals surface area contributed by atoms with Crippen LogP contribution in [0, 0.1) is 5.41 Å². The summed E-state index contributed by atoms with van der Waals surface area (Å²) in [5.74, 6) is 0. The third kappa shape index (κ3) is 2.53. The first kappa shape index (κ1) is 11.4. The molecular weight excluding hydrogens is 210 g/mol. The third-order valence-electron chi connectivity index (χ3n) is 4.17. The average molecular weight is 231 g/mol. The lowest BCUT2D eigenvalue weighted by Gasteiger charge is -2.43. The van der Waals surface area contributed by atoms with Crippen molar-refractivity contribution in [1.82, 2.24) is 4.31 Å². The Hall–Kier alpha value is -0.0900. The molecule has 1 aliphatic carbocycles. The van der Waals surface area contributed by atoms with Crippen molar-refractivity contribution in [3.05, 3.63) is 0 Å². The molecule has 1 aliphatic heterocycles. The van der Waals surface area contributed by atoms with E-state index in [-0.39, 0.29) is 0 Å². The Balaban J connectivity index is 1.96. The highest BCUT2D eigenvalue weighted by molar-refractivity contribution is 7.88. The van der Waals surface area contributed by atoms with E-state index in [9.17, 15) is 8.42 Å². The molecule has 88 valence electrons. The summed E-state index contributed by atoms with van der Waals surface area (Å²) in [5, 5.41) is 0. The zero-order chi connectivity index (χ0) is 10.9. The lowest BCUT2D eigenvalue weighted by molar-refractivity contribution is 0.103. The number of hydrogen-bond acceptors (Lipinski definition) is 2. The van der Waals surface area contributed by atoms with Crippen LogP contribution in [0.4, 0.5) is 0 Å². The van der Waals surface area contributed by atoms with Crippen molar-refractivity contribution in [1.29, 1.82) is 0 Å². The Kier molecular flexibility index (Phi) is 3.08. The van der Waals surface area contributed by atoms with Gasteiger partial charge in [0.05, 0.1) is 6.26 Å². The van der Waals surface area contributed by atoms with Gasteiger partial charge >= 0.3 is 0 Å². The van der Waals surface area contributed by atoms with Gasteiger partial charge in [0.1, 0.15) is 0 Å². The maximum absolute atomic E-state index is 11.4. The summed E-state index contributed by atoms with van der Waals surface area (Å²) >= 11 is 0. The Morgan fingerprint density at radius 3 is 1.93 bits per heavy atom. The molecule has 0 N–H and O–H groups in total. The smallest absolute Gasteiger partial charge is 0.211 e. The van der Waals surface area contributed by atoms with E-state index < -0.39 is 10.0 Å². The second-order valence-corrected chi connectivity index (χ2v) is 7.21. The fourth-order valence-electron chi connectivity index (χ4n) is 3.09. The molecule has 0 radical (unpaired) electrons. The first-order chi connectivity index (χ1) is 7.02. The van der Waals surface area contributed by atoms with E-state index in [4.69, 9.17) is 0 Å². The minimum Gasteiger partial charge on any atom is -0.213 e. The fraction of sp³-hybridized carbons (Fsp3) is 1.00. The monoisotopic (exact) mass is 231 g/mol. The van der Waals surface area contributed by atoms with Gasteiger partial charge in [0.25, 0.3) is 0 Å². The fourth-order valence-corrected chi connectivity index (χ4v) is 3.94. The van der Waals surface area contributed by atoms with Crippen LogP contribution < -0.4 is 0 Å². The summed E-state index contributed by atoms with van der Waals surface area (Å²) in [4.78, 5) is 0. The van der Waals surface area contributed by atoms with E-state index >= 15 is 0 Å². The van der Waals surface area contributed by atoms with Gasteiger partial charge in [0.2, 0.25) is 10.0 Å². The summed E-state index contributed by atoms with van der Waals surface area (Å²) in [6, 6.07) is 0. The van der Waals surface area contributed by atoms with Crippen LogP contribution in [0.2, 0.25) is 0 Å². The molecule has 1 saturated carbocycles. The van der Waals surface area contributed by atoms with Gasteiger partial charge in [0.15, 0.2) is 0 Å². The number of hydrogen-bond donors (Lipinski definition) is 0. The highest BCUT2D eigenvalue weighted by Gasteiger charge is 2.37. The molecule has 0 amide bonds. The second-order valence-electron chi connectivity index (χ2n) is 5.22. The van der Waals surface area contributed by atoms with Gasteiger partial charge in [-0.25, -0.2) is 12.7 Å². The topological polar surface area (TPSA) is 37.4 Å². The molecule has 1 spiro atoms.